The van der Waals surface area contributed by atoms with Gasteiger partial charge in [-0.25, -0.2) is 0 Å². The number of hydrogen-bond acceptors (Lipinski definition) is 4. The van der Waals surface area contributed by atoms with E-state index in [1.54, 1.807) is 0 Å². The molecule has 0 spiro atoms. The number of aliphatic carboxylic acids is 2. The molecular weight excluding hydrogens is 227 g/mol. The molecule has 0 bridgehead atoms. The zero-order chi connectivity index (χ0) is 10.8. The predicted octanol–water partition coefficient (Wildman–Crippen LogP) is -1.60. The van der Waals surface area contributed by atoms with Crippen molar-refractivity contribution in [2.45, 2.75) is 12.2 Å². The van der Waals surface area contributed by atoms with Gasteiger partial charge >= 0.3 is 41.5 Å². The van der Waals surface area contributed by atoms with Gasteiger partial charge in [-0.2, -0.15) is 8.42 Å². The minimum atomic E-state index is -4.89. The molecule has 0 aromatic rings. The summed E-state index contributed by atoms with van der Waals surface area (Å²) in [5.41, 5.74) is 0. The first-order chi connectivity index (χ1) is 5.68. The van der Waals surface area contributed by atoms with E-state index in [9.17, 15) is 18.0 Å². The van der Waals surface area contributed by atoms with Crippen LogP contribution in [0.3, 0.4) is 0 Å². The molecule has 2 unspecified atom stereocenters. The van der Waals surface area contributed by atoms with Crippen LogP contribution in [-0.4, -0.2) is 69.9 Å². The number of hydrogen-bond donors (Lipinski definition) is 3. The molecule has 0 saturated heterocycles. The second-order valence-electron chi connectivity index (χ2n) is 2.40. The van der Waals surface area contributed by atoms with Gasteiger partial charge in [0.15, 0.2) is 5.25 Å². The Bertz CT molecular complexity index is 321. The third-order valence-electron chi connectivity index (χ3n) is 1.41. The normalized spacial score (nSPS) is 15.0. The molecule has 9 heteroatoms. The van der Waals surface area contributed by atoms with Crippen LogP contribution >= 0.6 is 0 Å². The standard InChI is InChI=1S/C5H8O7S.Na.H/c1-2(4(6)7)3(5(8)9)13(10,11)12;;/h2-3H,1H3,(H,6,7)(H,8,9)(H,10,11,12);;. The van der Waals surface area contributed by atoms with E-state index < -0.39 is 33.2 Å². The molecule has 0 fully saturated rings. The number of rotatable bonds is 4. The van der Waals surface area contributed by atoms with Crippen LogP contribution in [0.15, 0.2) is 0 Å². The summed E-state index contributed by atoms with van der Waals surface area (Å²) >= 11 is 0. The molecule has 0 heterocycles. The summed E-state index contributed by atoms with van der Waals surface area (Å²) in [5.74, 6) is -5.20. The van der Waals surface area contributed by atoms with E-state index in [2.05, 4.69) is 0 Å². The molecule has 0 saturated carbocycles. The van der Waals surface area contributed by atoms with Crippen LogP contribution in [0.1, 0.15) is 6.92 Å². The van der Waals surface area contributed by atoms with E-state index in [1.165, 1.54) is 0 Å². The second kappa shape index (κ2) is 5.66. The van der Waals surface area contributed by atoms with Crippen molar-refractivity contribution < 1.29 is 32.8 Å². The van der Waals surface area contributed by atoms with Crippen LogP contribution in [0.25, 0.3) is 0 Å². The summed E-state index contributed by atoms with van der Waals surface area (Å²) in [7, 11) is -4.89. The summed E-state index contributed by atoms with van der Waals surface area (Å²) in [6.07, 6.45) is 0. The summed E-state index contributed by atoms with van der Waals surface area (Å²) in [6.45, 7) is 0.884. The first kappa shape index (κ1) is 16.3. The van der Waals surface area contributed by atoms with Gasteiger partial charge in [0.2, 0.25) is 0 Å². The van der Waals surface area contributed by atoms with Crippen molar-refractivity contribution in [1.29, 1.82) is 0 Å². The Hall–Kier alpha value is -0.150. The van der Waals surface area contributed by atoms with Crippen molar-refractivity contribution in [3.63, 3.8) is 0 Å². The van der Waals surface area contributed by atoms with E-state index in [1.807, 2.05) is 0 Å². The van der Waals surface area contributed by atoms with Crippen molar-refractivity contribution in [2.75, 3.05) is 0 Å². The Morgan fingerprint density at radius 2 is 1.50 bits per heavy atom. The molecule has 0 aromatic heterocycles. The third kappa shape index (κ3) is 4.38. The quantitative estimate of drug-likeness (QED) is 0.396. The molecule has 0 amide bonds. The van der Waals surface area contributed by atoms with Crippen molar-refractivity contribution >= 4 is 51.6 Å². The van der Waals surface area contributed by atoms with Crippen LogP contribution in [0.4, 0.5) is 0 Å². The van der Waals surface area contributed by atoms with Gasteiger partial charge in [-0.15, -0.1) is 0 Å². The average molecular weight is 236 g/mol. The van der Waals surface area contributed by atoms with E-state index in [0.717, 1.165) is 6.92 Å². The maximum absolute atomic E-state index is 10.4. The number of carboxylic acid groups (broad SMARTS) is 2. The van der Waals surface area contributed by atoms with Crippen LogP contribution < -0.4 is 0 Å². The summed E-state index contributed by atoms with van der Waals surface area (Å²) < 4.78 is 29.3. The van der Waals surface area contributed by atoms with Gasteiger partial charge in [0, 0.05) is 0 Å². The van der Waals surface area contributed by atoms with E-state index in [4.69, 9.17) is 14.8 Å². The van der Waals surface area contributed by atoms with Crippen LogP contribution in [0, 0.1) is 5.92 Å². The van der Waals surface area contributed by atoms with E-state index >= 15 is 0 Å². The number of carbonyl (C=O) groups is 2. The maximum atomic E-state index is 10.4. The fourth-order valence-corrected chi connectivity index (χ4v) is 1.62. The molecule has 0 aliphatic carbocycles. The molecule has 0 aliphatic heterocycles. The summed E-state index contributed by atoms with van der Waals surface area (Å²) in [6, 6.07) is 0. The molecule has 3 N–H and O–H groups in total. The van der Waals surface area contributed by atoms with Gasteiger partial charge in [-0.1, -0.05) is 0 Å². The van der Waals surface area contributed by atoms with Gasteiger partial charge < -0.3 is 10.2 Å². The van der Waals surface area contributed by atoms with Crippen LogP contribution in [0.5, 0.6) is 0 Å². The molecular formula is C5H9NaO7S. The topological polar surface area (TPSA) is 129 Å². The minimum absolute atomic E-state index is 0. The molecule has 0 radical (unpaired) electrons. The molecule has 78 valence electrons. The Balaban J connectivity index is 0. The predicted molar refractivity (Wildman–Crippen MR) is 46.9 cm³/mol. The van der Waals surface area contributed by atoms with Crippen LogP contribution in [-0.2, 0) is 19.7 Å². The Labute approximate surface area is 102 Å². The zero-order valence-electron chi connectivity index (χ0n) is 6.54. The molecule has 14 heavy (non-hydrogen) atoms. The summed E-state index contributed by atoms with van der Waals surface area (Å²) in [4.78, 5) is 20.5. The third-order valence-corrected chi connectivity index (χ3v) is 2.66. The molecule has 2 atom stereocenters. The summed E-state index contributed by atoms with van der Waals surface area (Å²) in [5, 5.41) is 14.3. The zero-order valence-corrected chi connectivity index (χ0v) is 7.35. The van der Waals surface area contributed by atoms with Gasteiger partial charge in [-0.3, -0.25) is 14.1 Å². The van der Waals surface area contributed by atoms with Crippen molar-refractivity contribution in [2.24, 2.45) is 5.92 Å². The number of carboxylic acids is 2. The molecule has 0 rings (SSSR count). The van der Waals surface area contributed by atoms with E-state index in [-0.39, 0.29) is 29.6 Å². The van der Waals surface area contributed by atoms with Gasteiger partial charge in [-0.05, 0) is 6.92 Å². The molecule has 7 nitrogen and oxygen atoms in total. The van der Waals surface area contributed by atoms with Crippen molar-refractivity contribution in [3.05, 3.63) is 0 Å². The van der Waals surface area contributed by atoms with Crippen molar-refractivity contribution in [1.82, 2.24) is 0 Å². The molecule has 0 aliphatic rings. The van der Waals surface area contributed by atoms with Crippen LogP contribution in [0.2, 0.25) is 0 Å². The first-order valence-electron chi connectivity index (χ1n) is 3.10. The second-order valence-corrected chi connectivity index (χ2v) is 3.94. The molecule has 0 aromatic carbocycles. The first-order valence-corrected chi connectivity index (χ1v) is 4.60. The van der Waals surface area contributed by atoms with Crippen molar-refractivity contribution in [3.8, 4) is 0 Å². The Morgan fingerprint density at radius 3 is 1.57 bits per heavy atom. The van der Waals surface area contributed by atoms with Gasteiger partial charge in [0.05, 0.1) is 5.92 Å². The average Bonchev–Trinajstić information content (AvgIpc) is 1.82. The Kier molecular flexibility index (Phi) is 6.59. The van der Waals surface area contributed by atoms with Gasteiger partial charge in [0.1, 0.15) is 0 Å². The monoisotopic (exact) mass is 236 g/mol. The van der Waals surface area contributed by atoms with E-state index in [0.29, 0.717) is 0 Å². The van der Waals surface area contributed by atoms with Gasteiger partial charge in [0.25, 0.3) is 10.1 Å². The Morgan fingerprint density at radius 1 is 1.14 bits per heavy atom. The SMILES string of the molecule is CC(C(=O)O)C(C(=O)O)S(=O)(=O)O.[NaH]. The fourth-order valence-electron chi connectivity index (χ4n) is 0.729. The fraction of sp³-hybridized carbons (Fsp3) is 0.600.